The number of nitrogens with one attached hydrogen (secondary N) is 1. The summed E-state index contributed by atoms with van der Waals surface area (Å²) in [5.41, 5.74) is 7.27. The second kappa shape index (κ2) is 9.23. The molecule has 2 aliphatic rings. The molecule has 0 saturated carbocycles. The maximum Gasteiger partial charge on any atom is 0.163 e. The minimum atomic E-state index is -0.800. The highest BCUT2D eigenvalue weighted by atomic mass is 19.2. The monoisotopic (exact) mass is 429 g/mol. The molecule has 2 aliphatic heterocycles. The molecule has 2 atom stereocenters. The van der Waals surface area contributed by atoms with Gasteiger partial charge in [0.05, 0.1) is 6.04 Å². The highest BCUT2D eigenvalue weighted by Crippen LogP contribution is 2.32. The highest BCUT2D eigenvalue weighted by Gasteiger charge is 2.32. The van der Waals surface area contributed by atoms with Crippen molar-refractivity contribution in [3.8, 4) is 0 Å². The van der Waals surface area contributed by atoms with Crippen LogP contribution < -0.4 is 10.6 Å². The molecule has 0 aliphatic carbocycles. The molecule has 2 aromatic rings. The Bertz CT molecular complexity index is 926. The molecule has 2 fully saturated rings. The summed E-state index contributed by atoms with van der Waals surface area (Å²) in [5, 5.41) is 7.63. The van der Waals surface area contributed by atoms with E-state index in [-0.39, 0.29) is 12.0 Å². The van der Waals surface area contributed by atoms with Gasteiger partial charge in [-0.25, -0.2) is 18.7 Å². The summed E-state index contributed by atoms with van der Waals surface area (Å²) in [6, 6.07) is 4.25. The van der Waals surface area contributed by atoms with Crippen molar-refractivity contribution in [3.05, 3.63) is 47.3 Å². The fraction of sp³-hybridized carbons (Fsp3) is 0.500. The van der Waals surface area contributed by atoms with Gasteiger partial charge < -0.3 is 20.9 Å². The van der Waals surface area contributed by atoms with E-state index >= 15 is 0 Å². The number of nitrogens with two attached hydrogens (primary N) is 1. The molecule has 9 heteroatoms. The lowest BCUT2D eigenvalue weighted by molar-refractivity contribution is 0.0943. The normalized spacial score (nSPS) is 19.6. The van der Waals surface area contributed by atoms with Gasteiger partial charge in [-0.1, -0.05) is 19.1 Å². The number of nitrogens with zero attached hydrogens (tertiary/aromatic N) is 5. The third-order valence-electron chi connectivity index (χ3n) is 6.37. The summed E-state index contributed by atoms with van der Waals surface area (Å²) in [6.07, 6.45) is 3.94. The predicted octanol–water partition coefficient (Wildman–Crippen LogP) is 2.66. The Morgan fingerprint density at radius 1 is 1.13 bits per heavy atom. The van der Waals surface area contributed by atoms with E-state index < -0.39 is 11.6 Å². The van der Waals surface area contributed by atoms with Crippen LogP contribution in [0.4, 0.5) is 20.4 Å². The molecule has 7 nitrogen and oxygen atoms in total. The van der Waals surface area contributed by atoms with Gasteiger partial charge in [0.25, 0.3) is 0 Å². The van der Waals surface area contributed by atoms with Crippen molar-refractivity contribution in [2.75, 3.05) is 56.4 Å². The molecule has 1 aromatic heterocycles. The van der Waals surface area contributed by atoms with Crippen molar-refractivity contribution in [2.24, 2.45) is 0 Å². The summed E-state index contributed by atoms with van der Waals surface area (Å²) in [7, 11) is 0. The van der Waals surface area contributed by atoms with Gasteiger partial charge in [0.1, 0.15) is 18.0 Å². The van der Waals surface area contributed by atoms with Crippen LogP contribution in [0.3, 0.4) is 0 Å². The first-order valence-corrected chi connectivity index (χ1v) is 10.8. The Kier molecular flexibility index (Phi) is 6.43. The van der Waals surface area contributed by atoms with Gasteiger partial charge in [-0.3, -0.25) is 4.90 Å². The minimum absolute atomic E-state index is 0.185. The number of piperazine rings is 1. The Labute approximate surface area is 181 Å². The van der Waals surface area contributed by atoms with E-state index in [4.69, 9.17) is 11.1 Å². The lowest BCUT2D eigenvalue weighted by Gasteiger charge is -2.43. The second-order valence-electron chi connectivity index (χ2n) is 8.29. The van der Waals surface area contributed by atoms with Crippen LogP contribution in [0, 0.1) is 17.0 Å². The van der Waals surface area contributed by atoms with Gasteiger partial charge >= 0.3 is 0 Å². The second-order valence-corrected chi connectivity index (χ2v) is 8.29. The first-order chi connectivity index (χ1) is 15.0. The summed E-state index contributed by atoms with van der Waals surface area (Å²) < 4.78 is 28.6. The summed E-state index contributed by atoms with van der Waals surface area (Å²) >= 11 is 0. The zero-order valence-electron chi connectivity index (χ0n) is 17.8. The maximum atomic E-state index is 14.7. The molecule has 2 saturated heterocycles. The average molecular weight is 430 g/mol. The Morgan fingerprint density at radius 3 is 2.52 bits per heavy atom. The van der Waals surface area contributed by atoms with E-state index in [1.807, 2.05) is 6.92 Å². The predicted molar refractivity (Wildman–Crippen MR) is 118 cm³/mol. The topological polar surface area (TPSA) is 85.4 Å². The molecule has 4 rings (SSSR count). The lowest BCUT2D eigenvalue weighted by Crippen LogP contribution is -2.52. The van der Waals surface area contributed by atoms with Crippen LogP contribution in [-0.2, 0) is 0 Å². The number of anilines is 2. The fourth-order valence-electron chi connectivity index (χ4n) is 4.41. The van der Waals surface area contributed by atoms with Gasteiger partial charge in [-0.15, -0.1) is 0 Å². The molecule has 31 heavy (non-hydrogen) atoms. The summed E-state index contributed by atoms with van der Waals surface area (Å²) in [5.74, 6) is -0.595. The van der Waals surface area contributed by atoms with Gasteiger partial charge in [-0.05, 0) is 25.6 Å². The first kappa shape index (κ1) is 21.6. The first-order valence-electron chi connectivity index (χ1n) is 10.8. The number of hydrogen-bond donors (Lipinski definition) is 2. The Balaban J connectivity index is 1.54. The summed E-state index contributed by atoms with van der Waals surface area (Å²) in [4.78, 5) is 15.2. The van der Waals surface area contributed by atoms with E-state index in [1.165, 1.54) is 18.6 Å². The van der Waals surface area contributed by atoms with Crippen molar-refractivity contribution in [1.29, 1.82) is 5.41 Å². The molecule has 2 unspecified atom stereocenters. The van der Waals surface area contributed by atoms with Crippen LogP contribution >= 0.6 is 0 Å². The number of aromatic nitrogens is 2. The Hall–Kier alpha value is -2.65. The maximum absolute atomic E-state index is 14.7. The Morgan fingerprint density at radius 2 is 1.87 bits per heavy atom. The number of rotatable bonds is 7. The molecule has 1 aromatic carbocycles. The van der Waals surface area contributed by atoms with Crippen LogP contribution in [0.1, 0.15) is 36.4 Å². The van der Waals surface area contributed by atoms with E-state index in [1.54, 1.807) is 12.1 Å². The number of likely N-dealkylation sites (tertiary alicyclic amines) is 1. The van der Waals surface area contributed by atoms with Crippen molar-refractivity contribution >= 4 is 17.9 Å². The van der Waals surface area contributed by atoms with Gasteiger partial charge in [0.15, 0.2) is 11.6 Å². The van der Waals surface area contributed by atoms with Crippen LogP contribution in [0.2, 0.25) is 0 Å². The van der Waals surface area contributed by atoms with E-state index in [9.17, 15) is 8.78 Å². The van der Waals surface area contributed by atoms with E-state index in [0.29, 0.717) is 44.1 Å². The van der Waals surface area contributed by atoms with Gasteiger partial charge in [0.2, 0.25) is 0 Å². The molecular formula is C22H29F2N7. The van der Waals surface area contributed by atoms with Crippen molar-refractivity contribution in [2.45, 2.75) is 25.3 Å². The number of hydrogen-bond acceptors (Lipinski definition) is 7. The molecule has 0 radical (unpaired) electrons. The largest absolute Gasteiger partial charge is 0.383 e. The van der Waals surface area contributed by atoms with Gasteiger partial charge in [-0.2, -0.15) is 0 Å². The van der Waals surface area contributed by atoms with Crippen molar-refractivity contribution < 1.29 is 8.78 Å². The number of halogens is 2. The zero-order valence-corrected chi connectivity index (χ0v) is 17.8. The third-order valence-corrected chi connectivity index (χ3v) is 6.37. The molecule has 3 N–H and O–H groups in total. The van der Waals surface area contributed by atoms with E-state index in [2.05, 4.69) is 24.7 Å². The molecule has 0 amide bonds. The standard InChI is InChI=1S/C22H29F2N7/c1-15(12-25)19-21(26)27-14-28-22(19)31-10-8-30(9-11-31)18(13-29-6-3-7-29)16-4-2-5-17(23)20(16)24/h2,4-5,12,14-15,18,25H,3,6-11,13H2,1H3,(H2,26,27,28). The average Bonchev–Trinajstić information content (AvgIpc) is 2.75. The van der Waals surface area contributed by atoms with Crippen molar-refractivity contribution in [3.63, 3.8) is 0 Å². The lowest BCUT2D eigenvalue weighted by atomic mass is 10.0. The third kappa shape index (κ3) is 4.38. The number of nitrogen functional groups attached to an aromatic ring is 1. The number of benzene rings is 1. The molecule has 0 bridgehead atoms. The van der Waals surface area contributed by atoms with Crippen LogP contribution in [-0.4, -0.2) is 71.8 Å². The minimum Gasteiger partial charge on any atom is -0.383 e. The van der Waals surface area contributed by atoms with Crippen LogP contribution in [0.25, 0.3) is 0 Å². The zero-order chi connectivity index (χ0) is 22.0. The van der Waals surface area contributed by atoms with Crippen LogP contribution in [0.15, 0.2) is 24.5 Å². The molecule has 166 valence electrons. The van der Waals surface area contributed by atoms with Crippen molar-refractivity contribution in [1.82, 2.24) is 19.8 Å². The molecule has 3 heterocycles. The van der Waals surface area contributed by atoms with Crippen LogP contribution in [0.5, 0.6) is 0 Å². The smallest absolute Gasteiger partial charge is 0.163 e. The highest BCUT2D eigenvalue weighted by molar-refractivity contribution is 5.73. The molecular weight excluding hydrogens is 400 g/mol. The summed E-state index contributed by atoms with van der Waals surface area (Å²) in [6.45, 7) is 7.34. The molecule has 0 spiro atoms. The quantitative estimate of drug-likeness (QED) is 0.659. The fourth-order valence-corrected chi connectivity index (χ4v) is 4.41. The van der Waals surface area contributed by atoms with Gasteiger partial charge in [0, 0.05) is 56.0 Å². The SMILES string of the molecule is CC(C=N)c1c(N)ncnc1N1CCN(C(CN2CCC2)c2cccc(F)c2F)CC1. The van der Waals surface area contributed by atoms with E-state index in [0.717, 1.165) is 30.9 Å².